The summed E-state index contributed by atoms with van der Waals surface area (Å²) in [5.41, 5.74) is 3.63. The number of methoxy groups -OCH3 is 2. The highest BCUT2D eigenvalue weighted by atomic mass is 19.4. The summed E-state index contributed by atoms with van der Waals surface area (Å²) in [6.45, 7) is 1.30. The fourth-order valence-electron chi connectivity index (χ4n) is 3.17. The summed E-state index contributed by atoms with van der Waals surface area (Å²) in [5, 5.41) is 3.48. The highest BCUT2D eigenvalue weighted by Gasteiger charge is 2.28. The van der Waals surface area contributed by atoms with Crippen molar-refractivity contribution in [1.29, 1.82) is 0 Å². The van der Waals surface area contributed by atoms with E-state index in [-0.39, 0.29) is 11.9 Å². The molecule has 3 rings (SSSR count). The molecule has 0 aliphatic carbocycles. The van der Waals surface area contributed by atoms with Gasteiger partial charge in [0, 0.05) is 36.0 Å². The number of nitrogens with zero attached hydrogens (tertiary/aromatic N) is 1. The molecule has 1 aromatic heterocycles. The van der Waals surface area contributed by atoms with Gasteiger partial charge < -0.3 is 19.5 Å². The second-order valence-electron chi connectivity index (χ2n) is 7.20. The molecule has 2 aromatic carbocycles. The van der Waals surface area contributed by atoms with E-state index in [2.05, 4.69) is 22.0 Å². The van der Waals surface area contributed by atoms with E-state index in [0.29, 0.717) is 17.9 Å². The van der Waals surface area contributed by atoms with Crippen molar-refractivity contribution in [3.05, 3.63) is 71.9 Å². The predicted molar refractivity (Wildman–Crippen MR) is 116 cm³/mol. The third kappa shape index (κ3) is 6.37. The van der Waals surface area contributed by atoms with Crippen LogP contribution in [0.2, 0.25) is 0 Å². The largest absolute Gasteiger partial charge is 0.497 e. The molecular weight excluding hydrogens is 421 g/mol. The lowest BCUT2D eigenvalue weighted by atomic mass is 10.0. The summed E-state index contributed by atoms with van der Waals surface area (Å²) < 4.78 is 52.4. The summed E-state index contributed by atoms with van der Waals surface area (Å²) in [6.07, 6.45) is -2.94. The van der Waals surface area contributed by atoms with Crippen LogP contribution < -0.4 is 19.5 Å². The smallest absolute Gasteiger partial charge is 0.422 e. The van der Waals surface area contributed by atoms with Gasteiger partial charge in [0.2, 0.25) is 5.88 Å². The number of benzene rings is 2. The van der Waals surface area contributed by atoms with Gasteiger partial charge in [0.15, 0.2) is 6.61 Å². The lowest BCUT2D eigenvalue weighted by Crippen LogP contribution is -2.19. The minimum Gasteiger partial charge on any atom is -0.497 e. The maximum atomic E-state index is 12.3. The normalized spacial score (nSPS) is 12.3. The van der Waals surface area contributed by atoms with Crippen LogP contribution in [0.1, 0.15) is 24.1 Å². The third-order valence-electron chi connectivity index (χ3n) is 4.90. The van der Waals surface area contributed by atoms with Gasteiger partial charge in [-0.3, -0.25) is 0 Å². The maximum absolute atomic E-state index is 12.3. The predicted octanol–water partition coefficient (Wildman–Crippen LogP) is 5.56. The van der Waals surface area contributed by atoms with Gasteiger partial charge in [-0.15, -0.1) is 0 Å². The first kappa shape index (κ1) is 23.4. The summed E-state index contributed by atoms with van der Waals surface area (Å²) in [6, 6.07) is 16.8. The minimum absolute atomic E-state index is 0.0880. The van der Waals surface area contributed by atoms with E-state index in [4.69, 9.17) is 9.47 Å². The number of rotatable bonds is 9. The first-order valence-corrected chi connectivity index (χ1v) is 9.99. The molecule has 1 unspecified atom stereocenters. The molecule has 1 atom stereocenters. The Balaban J connectivity index is 1.72. The number of alkyl halides is 3. The lowest BCUT2D eigenvalue weighted by Gasteiger charge is -2.16. The molecule has 0 saturated carbocycles. The van der Waals surface area contributed by atoms with E-state index < -0.39 is 12.8 Å². The standard InChI is InChI=1S/C24H25F3N2O3/c1-16(18-5-4-6-20(12-18)30-2)28-13-17-7-9-22(31-3)21(11-17)19-8-10-23(29-14-19)32-15-24(25,26)27/h4-12,14,16,28H,13,15H2,1-3H3. The van der Waals surface area contributed by atoms with E-state index in [0.717, 1.165) is 22.4 Å². The third-order valence-corrected chi connectivity index (χ3v) is 4.90. The van der Waals surface area contributed by atoms with E-state index in [9.17, 15) is 13.2 Å². The first-order valence-electron chi connectivity index (χ1n) is 9.99. The number of hydrogen-bond acceptors (Lipinski definition) is 5. The van der Waals surface area contributed by atoms with Crippen molar-refractivity contribution in [2.45, 2.75) is 25.7 Å². The van der Waals surface area contributed by atoms with Crippen LogP contribution in [-0.2, 0) is 6.54 Å². The molecule has 0 saturated heterocycles. The number of nitrogens with one attached hydrogen (secondary N) is 1. The van der Waals surface area contributed by atoms with Gasteiger partial charge in [-0.05, 0) is 48.4 Å². The van der Waals surface area contributed by atoms with Crippen molar-refractivity contribution < 1.29 is 27.4 Å². The van der Waals surface area contributed by atoms with Crippen LogP contribution in [-0.4, -0.2) is 32.0 Å². The highest BCUT2D eigenvalue weighted by molar-refractivity contribution is 5.70. The maximum Gasteiger partial charge on any atom is 0.422 e. The molecule has 0 fully saturated rings. The van der Waals surface area contributed by atoms with Crippen LogP contribution in [0.3, 0.4) is 0 Å². The second kappa shape index (κ2) is 10.4. The van der Waals surface area contributed by atoms with Crippen LogP contribution in [0.25, 0.3) is 11.1 Å². The van der Waals surface area contributed by atoms with Crippen molar-refractivity contribution >= 4 is 0 Å². The molecule has 3 aromatic rings. The molecular formula is C24H25F3N2O3. The van der Waals surface area contributed by atoms with Gasteiger partial charge in [0.05, 0.1) is 14.2 Å². The molecule has 0 bridgehead atoms. The molecule has 32 heavy (non-hydrogen) atoms. The Bertz CT molecular complexity index is 1020. The summed E-state index contributed by atoms with van der Waals surface area (Å²) in [7, 11) is 3.20. The second-order valence-corrected chi connectivity index (χ2v) is 7.20. The Morgan fingerprint density at radius 1 is 1.00 bits per heavy atom. The Morgan fingerprint density at radius 3 is 2.47 bits per heavy atom. The molecule has 0 aliphatic rings. The number of pyridine rings is 1. The first-order chi connectivity index (χ1) is 15.3. The van der Waals surface area contributed by atoms with Crippen LogP contribution in [0, 0.1) is 0 Å². The quantitative estimate of drug-likeness (QED) is 0.467. The van der Waals surface area contributed by atoms with Crippen molar-refractivity contribution in [3.8, 4) is 28.5 Å². The van der Waals surface area contributed by atoms with Crippen LogP contribution in [0.5, 0.6) is 17.4 Å². The zero-order valence-corrected chi connectivity index (χ0v) is 18.1. The monoisotopic (exact) mass is 446 g/mol. The molecule has 5 nitrogen and oxygen atoms in total. The summed E-state index contributed by atoms with van der Waals surface area (Å²) in [5.74, 6) is 1.35. The lowest BCUT2D eigenvalue weighted by molar-refractivity contribution is -0.154. The number of aromatic nitrogens is 1. The van der Waals surface area contributed by atoms with E-state index >= 15 is 0 Å². The fourth-order valence-corrected chi connectivity index (χ4v) is 3.17. The van der Waals surface area contributed by atoms with Crippen molar-refractivity contribution in [3.63, 3.8) is 0 Å². The average molecular weight is 446 g/mol. The van der Waals surface area contributed by atoms with Gasteiger partial charge in [0.25, 0.3) is 0 Å². The fraction of sp³-hybridized carbons (Fsp3) is 0.292. The van der Waals surface area contributed by atoms with Gasteiger partial charge in [0.1, 0.15) is 11.5 Å². The van der Waals surface area contributed by atoms with Gasteiger partial charge >= 0.3 is 6.18 Å². The summed E-state index contributed by atoms with van der Waals surface area (Å²) >= 11 is 0. The number of ether oxygens (including phenoxy) is 3. The van der Waals surface area contributed by atoms with Crippen molar-refractivity contribution in [2.75, 3.05) is 20.8 Å². The van der Waals surface area contributed by atoms with E-state index in [1.807, 2.05) is 42.5 Å². The molecule has 0 amide bonds. The van der Waals surface area contributed by atoms with E-state index in [1.165, 1.54) is 12.3 Å². The topological polar surface area (TPSA) is 52.6 Å². The minimum atomic E-state index is -4.41. The van der Waals surface area contributed by atoms with Crippen LogP contribution in [0.15, 0.2) is 60.8 Å². The molecule has 8 heteroatoms. The molecule has 0 spiro atoms. The average Bonchev–Trinajstić information content (AvgIpc) is 2.81. The highest BCUT2D eigenvalue weighted by Crippen LogP contribution is 2.31. The van der Waals surface area contributed by atoms with Gasteiger partial charge in [-0.25, -0.2) is 4.98 Å². The Morgan fingerprint density at radius 2 is 1.81 bits per heavy atom. The number of hydrogen-bond donors (Lipinski definition) is 1. The van der Waals surface area contributed by atoms with Crippen LogP contribution >= 0.6 is 0 Å². The molecule has 170 valence electrons. The molecule has 1 N–H and O–H groups in total. The zero-order valence-electron chi connectivity index (χ0n) is 18.1. The Hall–Kier alpha value is -3.26. The SMILES string of the molecule is COc1cccc(C(C)NCc2ccc(OC)c(-c3ccc(OCC(F)(F)F)nc3)c2)c1. The van der Waals surface area contributed by atoms with Crippen molar-refractivity contribution in [2.24, 2.45) is 0 Å². The van der Waals surface area contributed by atoms with Gasteiger partial charge in [-0.1, -0.05) is 18.2 Å². The summed E-state index contributed by atoms with van der Waals surface area (Å²) in [4.78, 5) is 3.99. The molecule has 0 radical (unpaired) electrons. The van der Waals surface area contributed by atoms with Gasteiger partial charge in [-0.2, -0.15) is 13.2 Å². The molecule has 1 heterocycles. The van der Waals surface area contributed by atoms with Crippen molar-refractivity contribution in [1.82, 2.24) is 10.3 Å². The zero-order chi connectivity index (χ0) is 23.1. The number of halogens is 3. The van der Waals surface area contributed by atoms with Crippen LogP contribution in [0.4, 0.5) is 13.2 Å². The molecule has 0 aliphatic heterocycles. The Kier molecular flexibility index (Phi) is 7.58. The van der Waals surface area contributed by atoms with E-state index in [1.54, 1.807) is 20.3 Å². The Labute approximate surface area is 185 Å².